The average Bonchev–Trinajstić information content (AvgIpc) is 3.01. The molecule has 3 aliphatic rings. The normalized spacial score (nSPS) is 36.5. The van der Waals surface area contributed by atoms with Gasteiger partial charge in [0.15, 0.2) is 0 Å². The van der Waals surface area contributed by atoms with E-state index in [1.165, 1.54) is 12.8 Å². The van der Waals surface area contributed by atoms with Gasteiger partial charge < -0.3 is 15.0 Å². The molecule has 0 radical (unpaired) electrons. The Hall–Kier alpha value is -0.320. The highest BCUT2D eigenvalue weighted by molar-refractivity contribution is 5.85. The van der Waals surface area contributed by atoms with E-state index in [1.807, 2.05) is 4.90 Å². The summed E-state index contributed by atoms with van der Waals surface area (Å²) in [7, 11) is 0. The summed E-state index contributed by atoms with van der Waals surface area (Å²) in [5.74, 6) is 0.237. The summed E-state index contributed by atoms with van der Waals surface area (Å²) < 4.78 is 5.47. The van der Waals surface area contributed by atoms with Crippen LogP contribution in [0.5, 0.6) is 0 Å². The van der Waals surface area contributed by atoms with Crippen LogP contribution in [0.3, 0.4) is 0 Å². The Morgan fingerprint density at radius 1 is 1.41 bits per heavy atom. The Bertz CT molecular complexity index is 286. The minimum Gasteiger partial charge on any atom is -0.368 e. The van der Waals surface area contributed by atoms with Gasteiger partial charge in [-0.1, -0.05) is 0 Å². The first-order chi connectivity index (χ1) is 7.79. The molecule has 5 heteroatoms. The number of nitrogens with zero attached hydrogens (tertiary/aromatic N) is 1. The monoisotopic (exact) mass is 260 g/mol. The minimum atomic E-state index is -0.135. The topological polar surface area (TPSA) is 41.6 Å². The molecule has 3 aliphatic heterocycles. The standard InChI is InChI=1S/C12H20N2O2.ClH/c15-11(10-2-1-7-16-10)14-6-4-12(9-14)3-5-13-8-12;/h10,13H,1-9H2;1H. The predicted octanol–water partition coefficient (Wildman–Crippen LogP) is 0.799. The van der Waals surface area contributed by atoms with Crippen molar-refractivity contribution in [1.82, 2.24) is 10.2 Å². The largest absolute Gasteiger partial charge is 0.368 e. The summed E-state index contributed by atoms with van der Waals surface area (Å²) in [6.07, 6.45) is 4.21. The molecule has 3 fully saturated rings. The smallest absolute Gasteiger partial charge is 0.251 e. The first-order valence-electron chi connectivity index (χ1n) is 6.40. The van der Waals surface area contributed by atoms with Gasteiger partial charge >= 0.3 is 0 Å². The van der Waals surface area contributed by atoms with E-state index in [1.54, 1.807) is 0 Å². The van der Waals surface area contributed by atoms with Gasteiger partial charge in [-0.3, -0.25) is 4.79 Å². The number of halogens is 1. The van der Waals surface area contributed by atoms with Gasteiger partial charge in [0.05, 0.1) is 0 Å². The molecular weight excluding hydrogens is 240 g/mol. The number of ether oxygens (including phenoxy) is 1. The molecule has 0 aromatic rings. The van der Waals surface area contributed by atoms with Gasteiger partial charge in [0.1, 0.15) is 6.10 Å². The fourth-order valence-electron chi connectivity index (χ4n) is 3.24. The van der Waals surface area contributed by atoms with E-state index in [9.17, 15) is 4.79 Å². The number of hydrogen-bond donors (Lipinski definition) is 1. The van der Waals surface area contributed by atoms with Crippen molar-refractivity contribution in [3.8, 4) is 0 Å². The minimum absolute atomic E-state index is 0. The van der Waals surface area contributed by atoms with Crippen molar-refractivity contribution in [1.29, 1.82) is 0 Å². The van der Waals surface area contributed by atoms with Crippen LogP contribution in [0.4, 0.5) is 0 Å². The molecule has 1 N–H and O–H groups in total. The average molecular weight is 261 g/mol. The lowest BCUT2D eigenvalue weighted by Gasteiger charge is -2.24. The van der Waals surface area contributed by atoms with Crippen LogP contribution >= 0.6 is 12.4 Å². The van der Waals surface area contributed by atoms with Crippen molar-refractivity contribution in [3.05, 3.63) is 0 Å². The number of amides is 1. The third kappa shape index (κ3) is 2.44. The molecule has 3 saturated heterocycles. The molecule has 1 amide bonds. The molecule has 0 aromatic carbocycles. The second kappa shape index (κ2) is 5.12. The van der Waals surface area contributed by atoms with E-state index in [0.717, 1.165) is 45.6 Å². The summed E-state index contributed by atoms with van der Waals surface area (Å²) in [5.41, 5.74) is 0.383. The first-order valence-corrected chi connectivity index (χ1v) is 6.40. The maximum absolute atomic E-state index is 12.2. The zero-order valence-electron chi connectivity index (χ0n) is 10.1. The molecule has 0 aromatic heterocycles. The van der Waals surface area contributed by atoms with E-state index < -0.39 is 0 Å². The molecule has 0 aliphatic carbocycles. The number of carbonyl (C=O) groups excluding carboxylic acids is 1. The Balaban J connectivity index is 0.00000108. The number of likely N-dealkylation sites (tertiary alicyclic amines) is 1. The maximum atomic E-state index is 12.2. The van der Waals surface area contributed by atoms with Crippen molar-refractivity contribution >= 4 is 18.3 Å². The van der Waals surface area contributed by atoms with Crippen LogP contribution in [0, 0.1) is 5.41 Å². The zero-order valence-corrected chi connectivity index (χ0v) is 10.9. The van der Waals surface area contributed by atoms with Crippen LogP contribution < -0.4 is 5.32 Å². The first kappa shape index (κ1) is 13.1. The molecular formula is C12H21ClN2O2. The molecule has 2 atom stereocenters. The molecule has 98 valence electrons. The van der Waals surface area contributed by atoms with E-state index in [-0.39, 0.29) is 24.4 Å². The van der Waals surface area contributed by atoms with Crippen molar-refractivity contribution in [2.75, 3.05) is 32.8 Å². The Kier molecular flexibility index (Phi) is 3.95. The predicted molar refractivity (Wildman–Crippen MR) is 67.3 cm³/mol. The molecule has 3 heterocycles. The van der Waals surface area contributed by atoms with Crippen LogP contribution in [-0.2, 0) is 9.53 Å². The summed E-state index contributed by atoms with van der Waals surface area (Å²) in [6, 6.07) is 0. The summed E-state index contributed by atoms with van der Waals surface area (Å²) in [5, 5.41) is 3.41. The fourth-order valence-corrected chi connectivity index (χ4v) is 3.24. The molecule has 2 unspecified atom stereocenters. The van der Waals surface area contributed by atoms with Gasteiger partial charge in [-0.15, -0.1) is 12.4 Å². The number of carbonyl (C=O) groups is 1. The third-order valence-corrected chi connectivity index (χ3v) is 4.29. The Morgan fingerprint density at radius 2 is 2.29 bits per heavy atom. The van der Waals surface area contributed by atoms with Crippen molar-refractivity contribution in [2.45, 2.75) is 31.8 Å². The molecule has 0 saturated carbocycles. The van der Waals surface area contributed by atoms with E-state index >= 15 is 0 Å². The van der Waals surface area contributed by atoms with Crippen molar-refractivity contribution in [2.24, 2.45) is 5.41 Å². The highest BCUT2D eigenvalue weighted by atomic mass is 35.5. The molecule has 4 nitrogen and oxygen atoms in total. The lowest BCUT2D eigenvalue weighted by molar-refractivity contribution is -0.140. The van der Waals surface area contributed by atoms with Crippen LogP contribution in [0.2, 0.25) is 0 Å². The van der Waals surface area contributed by atoms with Crippen LogP contribution in [0.25, 0.3) is 0 Å². The zero-order chi connectivity index (χ0) is 11.0. The molecule has 1 spiro atoms. The second-order valence-electron chi connectivity index (χ2n) is 5.44. The lowest BCUT2D eigenvalue weighted by Crippen LogP contribution is -2.39. The third-order valence-electron chi connectivity index (χ3n) is 4.29. The van der Waals surface area contributed by atoms with Gasteiger partial charge in [0.2, 0.25) is 0 Å². The fraction of sp³-hybridized carbons (Fsp3) is 0.917. The van der Waals surface area contributed by atoms with Crippen LogP contribution in [-0.4, -0.2) is 49.7 Å². The quantitative estimate of drug-likeness (QED) is 0.758. The van der Waals surface area contributed by atoms with E-state index in [0.29, 0.717) is 5.41 Å². The van der Waals surface area contributed by atoms with Crippen molar-refractivity contribution in [3.63, 3.8) is 0 Å². The van der Waals surface area contributed by atoms with Gasteiger partial charge in [-0.05, 0) is 32.2 Å². The van der Waals surface area contributed by atoms with E-state index in [2.05, 4.69) is 5.32 Å². The van der Waals surface area contributed by atoms with Crippen LogP contribution in [0.1, 0.15) is 25.7 Å². The van der Waals surface area contributed by atoms with E-state index in [4.69, 9.17) is 4.74 Å². The highest BCUT2D eigenvalue weighted by Gasteiger charge is 2.43. The molecule has 0 bridgehead atoms. The summed E-state index contributed by atoms with van der Waals surface area (Å²) in [6.45, 7) is 4.83. The Labute approximate surface area is 108 Å². The second-order valence-corrected chi connectivity index (χ2v) is 5.44. The molecule has 3 rings (SSSR count). The highest BCUT2D eigenvalue weighted by Crippen LogP contribution is 2.36. The number of nitrogens with one attached hydrogen (secondary N) is 1. The Morgan fingerprint density at radius 3 is 2.94 bits per heavy atom. The van der Waals surface area contributed by atoms with Gasteiger partial charge in [-0.25, -0.2) is 0 Å². The van der Waals surface area contributed by atoms with Gasteiger partial charge in [0, 0.05) is 31.7 Å². The summed E-state index contributed by atoms with van der Waals surface area (Å²) >= 11 is 0. The lowest BCUT2D eigenvalue weighted by atomic mass is 9.86. The summed E-state index contributed by atoms with van der Waals surface area (Å²) in [4.78, 5) is 14.2. The van der Waals surface area contributed by atoms with Gasteiger partial charge in [0.25, 0.3) is 5.91 Å². The maximum Gasteiger partial charge on any atom is 0.251 e. The van der Waals surface area contributed by atoms with Crippen molar-refractivity contribution < 1.29 is 9.53 Å². The SMILES string of the molecule is Cl.O=C(C1CCCO1)N1CCC2(CCNC2)C1. The number of hydrogen-bond acceptors (Lipinski definition) is 3. The number of rotatable bonds is 1. The van der Waals surface area contributed by atoms with Crippen LogP contribution in [0.15, 0.2) is 0 Å². The molecule has 17 heavy (non-hydrogen) atoms. The van der Waals surface area contributed by atoms with Gasteiger partial charge in [-0.2, -0.15) is 0 Å².